The summed E-state index contributed by atoms with van der Waals surface area (Å²) < 4.78 is 0. The molecule has 0 unspecified atom stereocenters. The summed E-state index contributed by atoms with van der Waals surface area (Å²) in [6.45, 7) is 3.73. The zero-order valence-corrected chi connectivity index (χ0v) is 8.86. The van der Waals surface area contributed by atoms with E-state index in [2.05, 4.69) is 0 Å². The van der Waals surface area contributed by atoms with Crippen molar-refractivity contribution >= 4 is 11.8 Å². The van der Waals surface area contributed by atoms with Crippen molar-refractivity contribution in [2.24, 2.45) is 0 Å². The van der Waals surface area contributed by atoms with Crippen LogP contribution in [-0.4, -0.2) is 16.9 Å². The molecule has 0 spiro atoms. The van der Waals surface area contributed by atoms with Gasteiger partial charge < -0.3 is 5.11 Å². The largest absolute Gasteiger partial charge is 0.476 e. The minimum absolute atomic E-state index is 0.0202. The van der Waals surface area contributed by atoms with E-state index in [9.17, 15) is 9.59 Å². The molecule has 15 heavy (non-hydrogen) atoms. The van der Waals surface area contributed by atoms with Crippen molar-refractivity contribution in [3.05, 3.63) is 35.9 Å². The van der Waals surface area contributed by atoms with Gasteiger partial charge in [0.05, 0.1) is 0 Å². The van der Waals surface area contributed by atoms with E-state index in [-0.39, 0.29) is 6.42 Å². The first-order chi connectivity index (χ1) is 6.93. The molecule has 0 aliphatic rings. The molecule has 0 fully saturated rings. The quantitative estimate of drug-likeness (QED) is 0.766. The number of rotatable bonds is 4. The van der Waals surface area contributed by atoms with Crippen molar-refractivity contribution in [1.29, 1.82) is 0 Å². The fraction of sp³-hybridized carbons (Fsp3) is 0.333. The van der Waals surface area contributed by atoms with Gasteiger partial charge in [-0.05, 0) is 11.0 Å². The average Bonchev–Trinajstić information content (AvgIpc) is 2.18. The van der Waals surface area contributed by atoms with Crippen molar-refractivity contribution in [2.75, 3.05) is 0 Å². The van der Waals surface area contributed by atoms with E-state index in [1.54, 1.807) is 0 Å². The average molecular weight is 206 g/mol. The number of carbonyl (C=O) groups is 2. The second-order valence-electron chi connectivity index (χ2n) is 4.16. The van der Waals surface area contributed by atoms with Crippen molar-refractivity contribution < 1.29 is 14.7 Å². The summed E-state index contributed by atoms with van der Waals surface area (Å²) in [6, 6.07) is 9.44. The molecule has 0 aliphatic heterocycles. The van der Waals surface area contributed by atoms with Gasteiger partial charge in [0.25, 0.3) is 0 Å². The van der Waals surface area contributed by atoms with E-state index in [0.29, 0.717) is 0 Å². The van der Waals surface area contributed by atoms with Crippen LogP contribution in [0.5, 0.6) is 0 Å². The molecule has 0 amide bonds. The van der Waals surface area contributed by atoms with Crippen LogP contribution in [0.1, 0.15) is 25.8 Å². The Balaban J connectivity index is 2.85. The van der Waals surface area contributed by atoms with E-state index in [0.717, 1.165) is 5.56 Å². The monoisotopic (exact) mass is 206 g/mol. The van der Waals surface area contributed by atoms with Gasteiger partial charge in [-0.2, -0.15) is 0 Å². The highest BCUT2D eigenvalue weighted by atomic mass is 16.4. The van der Waals surface area contributed by atoms with E-state index < -0.39 is 17.2 Å². The van der Waals surface area contributed by atoms with E-state index in [1.165, 1.54) is 0 Å². The lowest BCUT2D eigenvalue weighted by atomic mass is 9.80. The van der Waals surface area contributed by atoms with Crippen LogP contribution < -0.4 is 0 Å². The first kappa shape index (κ1) is 11.4. The smallest absolute Gasteiger partial charge is 0.372 e. The minimum Gasteiger partial charge on any atom is -0.476 e. The molecule has 0 saturated heterocycles. The fourth-order valence-corrected chi connectivity index (χ4v) is 1.47. The van der Waals surface area contributed by atoms with Gasteiger partial charge >= 0.3 is 5.97 Å². The maximum Gasteiger partial charge on any atom is 0.372 e. The van der Waals surface area contributed by atoms with Gasteiger partial charge in [-0.15, -0.1) is 0 Å². The minimum atomic E-state index is -1.36. The first-order valence-corrected chi connectivity index (χ1v) is 4.75. The lowest BCUT2D eigenvalue weighted by Crippen LogP contribution is -2.26. The van der Waals surface area contributed by atoms with Gasteiger partial charge in [0, 0.05) is 6.42 Å². The SMILES string of the molecule is CC(C)(CC(=O)C(=O)O)c1ccccc1. The van der Waals surface area contributed by atoms with Gasteiger partial charge in [0.15, 0.2) is 0 Å². The predicted octanol–water partition coefficient (Wildman–Crippen LogP) is 2.01. The Labute approximate surface area is 88.7 Å². The van der Waals surface area contributed by atoms with Crippen molar-refractivity contribution in [3.8, 4) is 0 Å². The summed E-state index contributed by atoms with van der Waals surface area (Å²) in [4.78, 5) is 21.6. The number of Topliss-reactive ketones (excluding diaryl/α,β-unsaturated/α-hetero) is 1. The highest BCUT2D eigenvalue weighted by Gasteiger charge is 2.26. The molecule has 0 saturated carbocycles. The van der Waals surface area contributed by atoms with Crippen LogP contribution in [0.3, 0.4) is 0 Å². The maximum atomic E-state index is 11.1. The molecular weight excluding hydrogens is 192 g/mol. The van der Waals surface area contributed by atoms with E-state index in [4.69, 9.17) is 5.11 Å². The number of carboxylic acid groups (broad SMARTS) is 1. The predicted molar refractivity (Wildman–Crippen MR) is 56.7 cm³/mol. The molecule has 0 atom stereocenters. The number of benzene rings is 1. The Bertz CT molecular complexity index is 366. The highest BCUT2D eigenvalue weighted by Crippen LogP contribution is 2.26. The summed E-state index contributed by atoms with van der Waals surface area (Å²) in [5.74, 6) is -2.11. The Morgan fingerprint density at radius 2 is 1.73 bits per heavy atom. The summed E-state index contributed by atoms with van der Waals surface area (Å²) in [6.07, 6.45) is 0.0202. The normalized spacial score (nSPS) is 11.1. The third-order valence-electron chi connectivity index (χ3n) is 2.40. The Morgan fingerprint density at radius 1 is 1.20 bits per heavy atom. The van der Waals surface area contributed by atoms with Crippen LogP contribution in [0, 0.1) is 0 Å². The fourth-order valence-electron chi connectivity index (χ4n) is 1.47. The molecule has 0 heterocycles. The molecule has 1 aromatic rings. The van der Waals surface area contributed by atoms with E-state index in [1.807, 2.05) is 44.2 Å². The summed E-state index contributed by atoms with van der Waals surface area (Å²) >= 11 is 0. The Kier molecular flexibility index (Phi) is 3.24. The second kappa shape index (κ2) is 4.26. The van der Waals surface area contributed by atoms with Gasteiger partial charge in [-0.1, -0.05) is 44.2 Å². The van der Waals surface area contributed by atoms with Crippen molar-refractivity contribution in [3.63, 3.8) is 0 Å². The third kappa shape index (κ3) is 2.91. The van der Waals surface area contributed by atoms with Crippen LogP contribution in [0.2, 0.25) is 0 Å². The van der Waals surface area contributed by atoms with Crippen LogP contribution in [-0.2, 0) is 15.0 Å². The van der Waals surface area contributed by atoms with Gasteiger partial charge in [-0.3, -0.25) is 4.79 Å². The van der Waals surface area contributed by atoms with Gasteiger partial charge in [-0.25, -0.2) is 4.79 Å². The van der Waals surface area contributed by atoms with Crippen LogP contribution in [0.15, 0.2) is 30.3 Å². The zero-order chi connectivity index (χ0) is 11.5. The highest BCUT2D eigenvalue weighted by molar-refractivity contribution is 6.32. The standard InChI is InChI=1S/C12H14O3/c1-12(2,8-10(13)11(14)15)9-6-4-3-5-7-9/h3-7H,8H2,1-2H3,(H,14,15). The molecule has 1 aromatic carbocycles. The lowest BCUT2D eigenvalue weighted by Gasteiger charge is -2.23. The number of hydrogen-bond acceptors (Lipinski definition) is 2. The molecule has 80 valence electrons. The molecule has 0 radical (unpaired) electrons. The molecule has 0 aromatic heterocycles. The van der Waals surface area contributed by atoms with Gasteiger partial charge in [0.2, 0.25) is 5.78 Å². The molecular formula is C12H14O3. The van der Waals surface area contributed by atoms with Crippen molar-refractivity contribution in [1.82, 2.24) is 0 Å². The lowest BCUT2D eigenvalue weighted by molar-refractivity contribution is -0.149. The van der Waals surface area contributed by atoms with Gasteiger partial charge in [0.1, 0.15) is 0 Å². The third-order valence-corrected chi connectivity index (χ3v) is 2.40. The zero-order valence-electron chi connectivity index (χ0n) is 8.86. The Hall–Kier alpha value is -1.64. The van der Waals surface area contributed by atoms with Crippen molar-refractivity contribution in [2.45, 2.75) is 25.7 Å². The summed E-state index contributed by atoms with van der Waals surface area (Å²) in [5.41, 5.74) is 0.538. The number of ketones is 1. The maximum absolute atomic E-state index is 11.1. The molecule has 3 nitrogen and oxygen atoms in total. The molecule has 1 rings (SSSR count). The van der Waals surface area contributed by atoms with Crippen LogP contribution >= 0.6 is 0 Å². The molecule has 1 N–H and O–H groups in total. The molecule has 0 bridgehead atoms. The summed E-state index contributed by atoms with van der Waals surface area (Å²) in [5, 5.41) is 8.54. The number of carboxylic acids is 1. The number of carbonyl (C=O) groups excluding carboxylic acids is 1. The summed E-state index contributed by atoms with van der Waals surface area (Å²) in [7, 11) is 0. The topological polar surface area (TPSA) is 54.4 Å². The molecule has 3 heteroatoms. The van der Waals surface area contributed by atoms with E-state index >= 15 is 0 Å². The first-order valence-electron chi connectivity index (χ1n) is 4.75. The second-order valence-corrected chi connectivity index (χ2v) is 4.16. The number of hydrogen-bond donors (Lipinski definition) is 1. The molecule has 0 aliphatic carbocycles. The van der Waals surface area contributed by atoms with Crippen LogP contribution in [0.25, 0.3) is 0 Å². The number of aliphatic carboxylic acids is 1. The van der Waals surface area contributed by atoms with Crippen LogP contribution in [0.4, 0.5) is 0 Å². The Morgan fingerprint density at radius 3 is 2.20 bits per heavy atom.